The Morgan fingerprint density at radius 2 is 1.89 bits per heavy atom. The van der Waals surface area contributed by atoms with E-state index in [9.17, 15) is 0 Å². The van der Waals surface area contributed by atoms with Crippen LogP contribution in [-0.4, -0.2) is 62.2 Å². The van der Waals surface area contributed by atoms with E-state index in [0.29, 0.717) is 6.04 Å². The summed E-state index contributed by atoms with van der Waals surface area (Å²) in [6.45, 7) is 9.61. The normalized spacial score (nSPS) is 40.0. The van der Waals surface area contributed by atoms with Crippen LogP contribution < -0.4 is 5.32 Å². The number of rotatable bonds is 3. The van der Waals surface area contributed by atoms with Gasteiger partial charge in [-0.05, 0) is 45.2 Å². The molecule has 2 rings (SSSR count). The van der Waals surface area contributed by atoms with Gasteiger partial charge in [0.15, 0.2) is 0 Å². The van der Waals surface area contributed by atoms with E-state index in [1.54, 1.807) is 0 Å². The molecule has 1 saturated heterocycles. The average molecular weight is 253 g/mol. The van der Waals surface area contributed by atoms with Crippen molar-refractivity contribution in [1.82, 2.24) is 15.1 Å². The molecule has 4 unspecified atom stereocenters. The topological polar surface area (TPSA) is 18.5 Å². The molecule has 3 nitrogen and oxygen atoms in total. The summed E-state index contributed by atoms with van der Waals surface area (Å²) in [7, 11) is 4.51. The maximum absolute atomic E-state index is 3.84. The quantitative estimate of drug-likeness (QED) is 0.825. The van der Waals surface area contributed by atoms with Crippen molar-refractivity contribution in [1.29, 1.82) is 0 Å². The molecular formula is C15H31N3. The van der Waals surface area contributed by atoms with E-state index in [1.165, 1.54) is 38.9 Å². The van der Waals surface area contributed by atoms with Crippen molar-refractivity contribution in [2.75, 3.05) is 40.3 Å². The fourth-order valence-corrected chi connectivity index (χ4v) is 3.58. The first-order valence-electron chi connectivity index (χ1n) is 7.68. The minimum Gasteiger partial charge on any atom is -0.312 e. The van der Waals surface area contributed by atoms with E-state index in [1.807, 2.05) is 0 Å². The van der Waals surface area contributed by atoms with E-state index in [0.717, 1.165) is 24.4 Å². The highest BCUT2D eigenvalue weighted by atomic mass is 15.3. The van der Waals surface area contributed by atoms with E-state index in [2.05, 4.69) is 43.1 Å². The van der Waals surface area contributed by atoms with Gasteiger partial charge < -0.3 is 10.2 Å². The van der Waals surface area contributed by atoms with Gasteiger partial charge in [0.1, 0.15) is 0 Å². The second-order valence-electron chi connectivity index (χ2n) is 6.81. The molecule has 4 atom stereocenters. The maximum Gasteiger partial charge on any atom is 0.0345 e. The number of hydrogen-bond acceptors (Lipinski definition) is 3. The second kappa shape index (κ2) is 6.36. The third-order valence-electron chi connectivity index (χ3n) is 5.03. The van der Waals surface area contributed by atoms with Crippen LogP contribution in [0.5, 0.6) is 0 Å². The molecular weight excluding hydrogens is 222 g/mol. The van der Waals surface area contributed by atoms with Gasteiger partial charge in [-0.15, -0.1) is 0 Å². The first-order valence-corrected chi connectivity index (χ1v) is 7.68. The van der Waals surface area contributed by atoms with Crippen LogP contribution in [0.4, 0.5) is 0 Å². The van der Waals surface area contributed by atoms with E-state index >= 15 is 0 Å². The summed E-state index contributed by atoms with van der Waals surface area (Å²) in [6, 6.07) is 1.44. The summed E-state index contributed by atoms with van der Waals surface area (Å²) in [4.78, 5) is 4.97. The van der Waals surface area contributed by atoms with E-state index in [-0.39, 0.29) is 0 Å². The van der Waals surface area contributed by atoms with Crippen LogP contribution in [-0.2, 0) is 0 Å². The van der Waals surface area contributed by atoms with Gasteiger partial charge in [-0.2, -0.15) is 0 Å². The monoisotopic (exact) mass is 253 g/mol. The van der Waals surface area contributed by atoms with E-state index in [4.69, 9.17) is 0 Å². The van der Waals surface area contributed by atoms with Crippen LogP contribution in [0, 0.1) is 11.8 Å². The lowest BCUT2D eigenvalue weighted by molar-refractivity contribution is 0.105. The molecule has 106 valence electrons. The number of hydrogen-bond donors (Lipinski definition) is 1. The Bertz CT molecular complexity index is 256. The Kier molecular flexibility index (Phi) is 5.05. The van der Waals surface area contributed by atoms with Gasteiger partial charge in [-0.1, -0.05) is 13.8 Å². The lowest BCUT2D eigenvalue weighted by Gasteiger charge is -2.40. The minimum absolute atomic E-state index is 0.690. The molecule has 0 aromatic carbocycles. The van der Waals surface area contributed by atoms with Crippen LogP contribution >= 0.6 is 0 Å². The molecule has 2 fully saturated rings. The largest absolute Gasteiger partial charge is 0.312 e. The zero-order valence-electron chi connectivity index (χ0n) is 12.7. The zero-order valence-corrected chi connectivity index (χ0v) is 12.7. The highest BCUT2D eigenvalue weighted by Crippen LogP contribution is 2.28. The predicted molar refractivity (Wildman–Crippen MR) is 77.9 cm³/mol. The second-order valence-corrected chi connectivity index (χ2v) is 6.81. The van der Waals surface area contributed by atoms with Crippen molar-refractivity contribution in [2.24, 2.45) is 11.8 Å². The van der Waals surface area contributed by atoms with Crippen LogP contribution in [0.25, 0.3) is 0 Å². The molecule has 0 bridgehead atoms. The highest BCUT2D eigenvalue weighted by molar-refractivity contribution is 4.85. The minimum atomic E-state index is 0.690. The Balaban J connectivity index is 1.76. The summed E-state index contributed by atoms with van der Waals surface area (Å²) in [5, 5.41) is 3.84. The Morgan fingerprint density at radius 1 is 1.11 bits per heavy atom. The van der Waals surface area contributed by atoms with Crippen LogP contribution in [0.3, 0.4) is 0 Å². The first kappa shape index (κ1) is 14.3. The summed E-state index contributed by atoms with van der Waals surface area (Å²) in [5.41, 5.74) is 0. The number of likely N-dealkylation sites (N-methyl/N-ethyl adjacent to an activating group) is 2. The van der Waals surface area contributed by atoms with Gasteiger partial charge in [-0.3, -0.25) is 4.90 Å². The third-order valence-corrected chi connectivity index (χ3v) is 5.03. The standard InChI is InChI=1S/C15H31N3/c1-12-5-6-15(13(2)9-12)16-10-14-11-17(3)7-8-18(14)4/h12-16H,5-11H2,1-4H3. The van der Waals surface area contributed by atoms with Crippen LogP contribution in [0.15, 0.2) is 0 Å². The highest BCUT2D eigenvalue weighted by Gasteiger charge is 2.27. The molecule has 0 aromatic rings. The summed E-state index contributed by atoms with van der Waals surface area (Å²) < 4.78 is 0. The molecule has 1 saturated carbocycles. The van der Waals surface area contributed by atoms with Crippen molar-refractivity contribution >= 4 is 0 Å². The van der Waals surface area contributed by atoms with Crippen molar-refractivity contribution in [3.05, 3.63) is 0 Å². The Morgan fingerprint density at radius 3 is 2.61 bits per heavy atom. The number of nitrogens with one attached hydrogen (secondary N) is 1. The first-order chi connectivity index (χ1) is 8.56. The summed E-state index contributed by atoms with van der Waals surface area (Å²) >= 11 is 0. The molecule has 0 amide bonds. The summed E-state index contributed by atoms with van der Waals surface area (Å²) in [5.74, 6) is 1.78. The fraction of sp³-hybridized carbons (Fsp3) is 1.00. The molecule has 3 heteroatoms. The number of piperazine rings is 1. The molecule has 1 N–H and O–H groups in total. The molecule has 18 heavy (non-hydrogen) atoms. The van der Waals surface area contributed by atoms with Crippen LogP contribution in [0.2, 0.25) is 0 Å². The van der Waals surface area contributed by atoms with Gasteiger partial charge in [0.2, 0.25) is 0 Å². The van der Waals surface area contributed by atoms with Gasteiger partial charge in [0.05, 0.1) is 0 Å². The Labute approximate surface area is 113 Å². The van der Waals surface area contributed by atoms with Gasteiger partial charge in [0, 0.05) is 38.3 Å². The van der Waals surface area contributed by atoms with Crippen molar-refractivity contribution in [3.8, 4) is 0 Å². The molecule has 1 aliphatic heterocycles. The number of nitrogens with zero attached hydrogens (tertiary/aromatic N) is 2. The van der Waals surface area contributed by atoms with Gasteiger partial charge in [0.25, 0.3) is 0 Å². The molecule has 2 aliphatic rings. The van der Waals surface area contributed by atoms with E-state index < -0.39 is 0 Å². The zero-order chi connectivity index (χ0) is 13.1. The maximum atomic E-state index is 3.84. The molecule has 0 radical (unpaired) electrons. The SMILES string of the molecule is CC1CCC(NCC2CN(C)CCN2C)C(C)C1. The van der Waals surface area contributed by atoms with Crippen molar-refractivity contribution < 1.29 is 0 Å². The van der Waals surface area contributed by atoms with Gasteiger partial charge >= 0.3 is 0 Å². The molecule has 0 aromatic heterocycles. The van der Waals surface area contributed by atoms with Crippen molar-refractivity contribution in [2.45, 2.75) is 45.2 Å². The van der Waals surface area contributed by atoms with Crippen molar-refractivity contribution in [3.63, 3.8) is 0 Å². The molecule has 1 heterocycles. The lowest BCUT2D eigenvalue weighted by atomic mass is 9.80. The average Bonchev–Trinajstić information content (AvgIpc) is 2.32. The fourth-order valence-electron chi connectivity index (χ4n) is 3.58. The van der Waals surface area contributed by atoms with Crippen LogP contribution in [0.1, 0.15) is 33.1 Å². The summed E-state index contributed by atoms with van der Waals surface area (Å²) in [6.07, 6.45) is 4.18. The Hall–Kier alpha value is -0.120. The third kappa shape index (κ3) is 3.69. The molecule has 0 spiro atoms. The molecule has 1 aliphatic carbocycles. The predicted octanol–water partition coefficient (Wildman–Crippen LogP) is 1.65. The lowest BCUT2D eigenvalue weighted by Crippen LogP contribution is -2.55. The van der Waals surface area contributed by atoms with Gasteiger partial charge in [-0.25, -0.2) is 0 Å². The smallest absolute Gasteiger partial charge is 0.0345 e.